The van der Waals surface area contributed by atoms with E-state index in [1.165, 1.54) is 18.2 Å². The molecule has 3 N–H and O–H groups in total. The van der Waals surface area contributed by atoms with Crippen LogP contribution in [0.25, 0.3) is 0 Å². The first-order valence-corrected chi connectivity index (χ1v) is 6.85. The lowest BCUT2D eigenvalue weighted by molar-refractivity contribution is 0.102. The summed E-state index contributed by atoms with van der Waals surface area (Å²) in [5.41, 5.74) is 0.575. The van der Waals surface area contributed by atoms with Crippen molar-refractivity contribution < 1.29 is 15.0 Å². The first-order chi connectivity index (χ1) is 8.99. The summed E-state index contributed by atoms with van der Waals surface area (Å²) >= 11 is 6.64. The largest absolute Gasteiger partial charge is 0.504 e. The summed E-state index contributed by atoms with van der Waals surface area (Å²) in [7, 11) is 0. The first-order valence-electron chi connectivity index (χ1n) is 5.26. The lowest BCUT2D eigenvalue weighted by Crippen LogP contribution is -2.12. The van der Waals surface area contributed by atoms with Crippen LogP contribution in [0.2, 0.25) is 0 Å². The number of nitrogens with one attached hydrogen (secondary N) is 1. The van der Waals surface area contributed by atoms with Gasteiger partial charge in [0.05, 0.1) is 11.3 Å². The zero-order valence-electron chi connectivity index (χ0n) is 9.52. The van der Waals surface area contributed by atoms with E-state index in [4.69, 9.17) is 0 Å². The van der Waals surface area contributed by atoms with Crippen LogP contribution in [0.5, 0.6) is 11.5 Å². The van der Waals surface area contributed by atoms with Gasteiger partial charge >= 0.3 is 0 Å². The number of para-hydroxylation sites is 1. The molecule has 0 heterocycles. The number of phenols is 2. The molecule has 0 saturated carbocycles. The normalized spacial score (nSPS) is 10.2. The Balaban J connectivity index is 2.28. The summed E-state index contributed by atoms with van der Waals surface area (Å²) in [6.07, 6.45) is 0. The van der Waals surface area contributed by atoms with Gasteiger partial charge in [0.2, 0.25) is 0 Å². The monoisotopic (exact) mass is 385 g/mol. The van der Waals surface area contributed by atoms with Gasteiger partial charge in [-0.15, -0.1) is 0 Å². The van der Waals surface area contributed by atoms with Crippen molar-refractivity contribution in [2.45, 2.75) is 0 Å². The molecule has 98 valence electrons. The summed E-state index contributed by atoms with van der Waals surface area (Å²) in [4.78, 5) is 12.0. The molecule has 19 heavy (non-hydrogen) atoms. The minimum absolute atomic E-state index is 0.00909. The summed E-state index contributed by atoms with van der Waals surface area (Å²) in [5.74, 6) is -1.27. The highest BCUT2D eigenvalue weighted by atomic mass is 79.9. The van der Waals surface area contributed by atoms with Crippen LogP contribution < -0.4 is 5.32 Å². The predicted molar refractivity (Wildman–Crippen MR) is 79.6 cm³/mol. The summed E-state index contributed by atoms with van der Waals surface area (Å²) in [6, 6.07) is 9.51. The third-order valence-electron chi connectivity index (χ3n) is 2.44. The van der Waals surface area contributed by atoms with Crippen molar-refractivity contribution in [2.24, 2.45) is 0 Å². The lowest BCUT2D eigenvalue weighted by atomic mass is 10.1. The standard InChI is InChI=1S/C13H9Br2NO3/c14-7-4-5-10(9(15)6-7)16-13(19)8-2-1-3-11(17)12(8)18/h1-6,17-18H,(H,16,19). The van der Waals surface area contributed by atoms with Gasteiger partial charge in [-0.3, -0.25) is 4.79 Å². The van der Waals surface area contributed by atoms with Crippen LogP contribution in [0.3, 0.4) is 0 Å². The molecule has 0 aliphatic rings. The number of hydrogen-bond donors (Lipinski definition) is 3. The summed E-state index contributed by atoms with van der Waals surface area (Å²) < 4.78 is 1.58. The van der Waals surface area contributed by atoms with E-state index >= 15 is 0 Å². The molecule has 2 rings (SSSR count). The molecule has 0 unspecified atom stereocenters. The molecule has 0 fully saturated rings. The second-order valence-corrected chi connectivity index (χ2v) is 5.52. The smallest absolute Gasteiger partial charge is 0.259 e. The third-order valence-corrected chi connectivity index (χ3v) is 3.59. The van der Waals surface area contributed by atoms with E-state index < -0.39 is 11.7 Å². The maximum absolute atomic E-state index is 12.0. The Hall–Kier alpha value is -1.53. The van der Waals surface area contributed by atoms with Gasteiger partial charge in [-0.05, 0) is 46.3 Å². The molecule has 0 aromatic heterocycles. The minimum atomic E-state index is -0.503. The molecule has 0 spiro atoms. The molecular weight excluding hydrogens is 378 g/mol. The zero-order valence-corrected chi connectivity index (χ0v) is 12.7. The highest BCUT2D eigenvalue weighted by molar-refractivity contribution is 9.11. The SMILES string of the molecule is O=C(Nc1ccc(Br)cc1Br)c1cccc(O)c1O. The van der Waals surface area contributed by atoms with Gasteiger partial charge in [-0.2, -0.15) is 0 Å². The molecule has 0 saturated heterocycles. The van der Waals surface area contributed by atoms with Crippen molar-refractivity contribution in [1.82, 2.24) is 0 Å². The fourth-order valence-corrected chi connectivity index (χ4v) is 2.64. The van der Waals surface area contributed by atoms with Gasteiger partial charge in [0.25, 0.3) is 5.91 Å². The van der Waals surface area contributed by atoms with Crippen molar-refractivity contribution in [1.29, 1.82) is 0 Å². The van der Waals surface area contributed by atoms with Crippen LogP contribution in [0.15, 0.2) is 45.3 Å². The van der Waals surface area contributed by atoms with Crippen molar-refractivity contribution in [3.63, 3.8) is 0 Å². The third kappa shape index (κ3) is 3.08. The number of phenolic OH excluding ortho intramolecular Hbond substituents is 2. The van der Waals surface area contributed by atoms with Crippen molar-refractivity contribution >= 4 is 43.5 Å². The molecule has 2 aromatic carbocycles. The van der Waals surface area contributed by atoms with Gasteiger partial charge in [-0.25, -0.2) is 0 Å². The van der Waals surface area contributed by atoms with Crippen LogP contribution >= 0.6 is 31.9 Å². The second kappa shape index (κ2) is 5.63. The summed E-state index contributed by atoms with van der Waals surface area (Å²) in [5, 5.41) is 21.6. The number of benzene rings is 2. The van der Waals surface area contributed by atoms with Gasteiger partial charge in [0.1, 0.15) is 0 Å². The van der Waals surface area contributed by atoms with E-state index in [-0.39, 0.29) is 11.3 Å². The maximum Gasteiger partial charge on any atom is 0.259 e. The molecule has 2 aromatic rings. The number of carbonyl (C=O) groups is 1. The van der Waals surface area contributed by atoms with E-state index in [1.54, 1.807) is 18.2 Å². The fraction of sp³-hybridized carbons (Fsp3) is 0. The van der Waals surface area contributed by atoms with Gasteiger partial charge < -0.3 is 15.5 Å². The molecule has 0 aliphatic heterocycles. The van der Waals surface area contributed by atoms with Gasteiger partial charge in [-0.1, -0.05) is 22.0 Å². The maximum atomic E-state index is 12.0. The molecule has 0 radical (unpaired) electrons. The van der Waals surface area contributed by atoms with Crippen molar-refractivity contribution in [3.05, 3.63) is 50.9 Å². The van der Waals surface area contributed by atoms with Crippen molar-refractivity contribution in [2.75, 3.05) is 5.32 Å². The zero-order chi connectivity index (χ0) is 14.0. The Morgan fingerprint density at radius 1 is 1.11 bits per heavy atom. The molecule has 0 atom stereocenters. The molecule has 0 bridgehead atoms. The Bertz CT molecular complexity index is 644. The number of anilines is 1. The minimum Gasteiger partial charge on any atom is -0.504 e. The summed E-state index contributed by atoms with van der Waals surface area (Å²) in [6.45, 7) is 0. The molecular formula is C13H9Br2NO3. The van der Waals surface area contributed by atoms with E-state index in [2.05, 4.69) is 37.2 Å². The first kappa shape index (κ1) is 13.9. The average Bonchev–Trinajstić information content (AvgIpc) is 2.36. The van der Waals surface area contributed by atoms with Crippen LogP contribution in [0, 0.1) is 0 Å². The van der Waals surface area contributed by atoms with Gasteiger partial charge in [0, 0.05) is 8.95 Å². The fourth-order valence-electron chi connectivity index (χ4n) is 1.50. The van der Waals surface area contributed by atoms with Crippen LogP contribution in [0.4, 0.5) is 5.69 Å². The lowest BCUT2D eigenvalue weighted by Gasteiger charge is -2.09. The molecule has 4 nitrogen and oxygen atoms in total. The Kier molecular flexibility index (Phi) is 4.11. The molecule has 0 aliphatic carbocycles. The highest BCUT2D eigenvalue weighted by Gasteiger charge is 2.15. The Morgan fingerprint density at radius 2 is 1.84 bits per heavy atom. The van der Waals surface area contributed by atoms with Crippen molar-refractivity contribution in [3.8, 4) is 11.5 Å². The van der Waals surface area contributed by atoms with Crippen LogP contribution in [0.1, 0.15) is 10.4 Å². The number of halogens is 2. The second-order valence-electron chi connectivity index (χ2n) is 3.75. The van der Waals surface area contributed by atoms with Crippen LogP contribution in [-0.2, 0) is 0 Å². The molecule has 1 amide bonds. The number of amides is 1. The average molecular weight is 387 g/mol. The predicted octanol–water partition coefficient (Wildman–Crippen LogP) is 3.88. The van der Waals surface area contributed by atoms with E-state index in [1.807, 2.05) is 0 Å². The number of hydrogen-bond acceptors (Lipinski definition) is 3. The Morgan fingerprint density at radius 3 is 2.53 bits per heavy atom. The van der Waals surface area contributed by atoms with E-state index in [9.17, 15) is 15.0 Å². The number of rotatable bonds is 2. The van der Waals surface area contributed by atoms with Gasteiger partial charge in [0.15, 0.2) is 11.5 Å². The van der Waals surface area contributed by atoms with E-state index in [0.29, 0.717) is 10.2 Å². The Labute approximate surface area is 126 Å². The highest BCUT2D eigenvalue weighted by Crippen LogP contribution is 2.30. The number of aromatic hydroxyl groups is 2. The number of carbonyl (C=O) groups excluding carboxylic acids is 1. The van der Waals surface area contributed by atoms with Crippen LogP contribution in [-0.4, -0.2) is 16.1 Å². The molecule has 6 heteroatoms. The quantitative estimate of drug-likeness (QED) is 0.686. The topological polar surface area (TPSA) is 69.6 Å². The van der Waals surface area contributed by atoms with E-state index in [0.717, 1.165) is 4.47 Å².